The Morgan fingerprint density at radius 1 is 0.636 bits per heavy atom. The molecule has 0 fully saturated rings. The van der Waals surface area contributed by atoms with Gasteiger partial charge in [0.15, 0.2) is 12.1 Å². The smallest absolute Gasteiger partial charge is 0.282 e. The summed E-state index contributed by atoms with van der Waals surface area (Å²) in [5, 5.41) is 5.89. The van der Waals surface area contributed by atoms with Gasteiger partial charge in [-0.25, -0.2) is 0 Å². The number of anilines is 2. The molecule has 8 nitrogen and oxygen atoms in total. The van der Waals surface area contributed by atoms with Crippen molar-refractivity contribution < 1.29 is 32.5 Å². The van der Waals surface area contributed by atoms with Gasteiger partial charge in [0.2, 0.25) is 0 Å². The number of carbonyl (C=O) groups is 2. The Balaban J connectivity index is 1.82. The third-order valence-electron chi connectivity index (χ3n) is 5.70. The van der Waals surface area contributed by atoms with Gasteiger partial charge in [-0.15, -0.1) is 0 Å². The maximum Gasteiger partial charge on any atom is 0.282 e. The van der Waals surface area contributed by atoms with Crippen molar-refractivity contribution in [3.8, 4) is 0 Å². The molecule has 2 aromatic rings. The van der Waals surface area contributed by atoms with E-state index >= 15 is 0 Å². The van der Waals surface area contributed by atoms with E-state index in [-0.39, 0.29) is 23.9 Å². The topological polar surface area (TPSA) is 169 Å². The standard InChI is InChI=1S/C25H38N6O2/c26-15-3-1-5-22(28)24(32)30-20-11-7-18(8-12-20)17-19-9-13-21(14-10-19)31-25(33)23(29)6-2-4-16-27/h7-14,22-23H,1-6,15-17,26-29H2,(H,30,32)(H,31,33)/p+4. The molecule has 2 aromatic carbocycles. The molecule has 8 heteroatoms. The maximum absolute atomic E-state index is 12.3. The van der Waals surface area contributed by atoms with E-state index in [2.05, 4.69) is 33.6 Å². The van der Waals surface area contributed by atoms with Crippen LogP contribution in [-0.2, 0) is 16.0 Å². The molecule has 2 atom stereocenters. The molecule has 0 bridgehead atoms. The highest BCUT2D eigenvalue weighted by Crippen LogP contribution is 2.16. The normalized spacial score (nSPS) is 12.7. The predicted octanol–water partition coefficient (Wildman–Crippen LogP) is -0.800. The molecular weight excluding hydrogens is 416 g/mol. The van der Waals surface area contributed by atoms with Gasteiger partial charge in [-0.2, -0.15) is 0 Å². The number of quaternary nitrogens is 4. The molecule has 0 aliphatic heterocycles. The Bertz CT molecular complexity index is 783. The zero-order valence-electron chi connectivity index (χ0n) is 19.8. The number of amides is 2. The molecule has 2 unspecified atom stereocenters. The van der Waals surface area contributed by atoms with Crippen LogP contribution >= 0.6 is 0 Å². The summed E-state index contributed by atoms with van der Waals surface area (Å²) in [6.45, 7) is 1.78. The van der Waals surface area contributed by atoms with Crippen molar-refractivity contribution in [2.75, 3.05) is 23.7 Å². The summed E-state index contributed by atoms with van der Waals surface area (Å²) >= 11 is 0. The molecule has 2 rings (SSSR count). The lowest BCUT2D eigenvalue weighted by atomic mass is 10.0. The van der Waals surface area contributed by atoms with Crippen LogP contribution in [0.1, 0.15) is 49.7 Å². The Kier molecular flexibility index (Phi) is 11.5. The SMILES string of the molecule is [NH3+]CCCCC([NH3+])C(=O)Nc1ccc(Cc2ccc(NC(=O)C([NH3+])CCCC[NH3+])cc2)cc1. The molecule has 2 amide bonds. The zero-order valence-corrected chi connectivity index (χ0v) is 19.8. The van der Waals surface area contributed by atoms with Crippen molar-refractivity contribution in [3.63, 3.8) is 0 Å². The number of rotatable bonds is 14. The Labute approximate surface area is 196 Å². The van der Waals surface area contributed by atoms with Crippen LogP contribution in [0.5, 0.6) is 0 Å². The first-order valence-corrected chi connectivity index (χ1v) is 12.0. The number of nitrogens with one attached hydrogen (secondary N) is 2. The number of hydrogen-bond acceptors (Lipinski definition) is 2. The van der Waals surface area contributed by atoms with E-state index in [0.717, 1.165) is 80.5 Å². The van der Waals surface area contributed by atoms with Gasteiger partial charge in [-0.05, 0) is 67.5 Å². The van der Waals surface area contributed by atoms with Crippen molar-refractivity contribution in [1.29, 1.82) is 0 Å². The third-order valence-corrected chi connectivity index (χ3v) is 5.70. The first-order valence-electron chi connectivity index (χ1n) is 12.0. The minimum Gasteiger partial charge on any atom is -0.358 e. The van der Waals surface area contributed by atoms with E-state index in [0.29, 0.717) is 0 Å². The zero-order chi connectivity index (χ0) is 24.1. The van der Waals surface area contributed by atoms with Gasteiger partial charge in [0.25, 0.3) is 11.8 Å². The van der Waals surface area contributed by atoms with Crippen LogP contribution in [-0.4, -0.2) is 37.0 Å². The summed E-state index contributed by atoms with van der Waals surface area (Å²) in [5.41, 5.74) is 19.4. The number of carbonyl (C=O) groups excluding carboxylic acids is 2. The van der Waals surface area contributed by atoms with Crippen LogP contribution in [0.2, 0.25) is 0 Å². The molecular formula is C25H42N6O2+4. The molecule has 0 saturated heterocycles. The average Bonchev–Trinajstić information content (AvgIpc) is 2.81. The largest absolute Gasteiger partial charge is 0.358 e. The lowest BCUT2D eigenvalue weighted by molar-refractivity contribution is -0.405. The van der Waals surface area contributed by atoms with Crippen molar-refractivity contribution in [1.82, 2.24) is 0 Å². The minimum atomic E-state index is -0.248. The van der Waals surface area contributed by atoms with Crippen molar-refractivity contribution in [2.24, 2.45) is 0 Å². The molecule has 0 radical (unpaired) electrons. The van der Waals surface area contributed by atoms with Crippen LogP contribution < -0.4 is 33.6 Å². The van der Waals surface area contributed by atoms with Crippen LogP contribution in [0.3, 0.4) is 0 Å². The second-order valence-electron chi connectivity index (χ2n) is 8.64. The summed E-state index contributed by atoms with van der Waals surface area (Å²) in [6.07, 6.45) is 6.32. The van der Waals surface area contributed by atoms with Gasteiger partial charge in [-0.3, -0.25) is 9.59 Å². The van der Waals surface area contributed by atoms with Crippen LogP contribution in [0.4, 0.5) is 11.4 Å². The second-order valence-corrected chi connectivity index (χ2v) is 8.64. The molecule has 0 aromatic heterocycles. The van der Waals surface area contributed by atoms with E-state index in [1.165, 1.54) is 0 Å². The summed E-state index contributed by atoms with van der Waals surface area (Å²) in [5.74, 6) is -0.0901. The quantitative estimate of drug-likeness (QED) is 0.204. The fourth-order valence-electron chi connectivity index (χ4n) is 3.53. The lowest BCUT2D eigenvalue weighted by Gasteiger charge is -2.11. The van der Waals surface area contributed by atoms with Gasteiger partial charge >= 0.3 is 0 Å². The fraction of sp³-hybridized carbons (Fsp3) is 0.440. The summed E-state index contributed by atoms with van der Waals surface area (Å²) in [7, 11) is 0. The molecule has 33 heavy (non-hydrogen) atoms. The highest BCUT2D eigenvalue weighted by Gasteiger charge is 2.17. The van der Waals surface area contributed by atoms with E-state index < -0.39 is 0 Å². The molecule has 0 spiro atoms. The maximum atomic E-state index is 12.3. The summed E-state index contributed by atoms with van der Waals surface area (Å²) in [4.78, 5) is 24.5. The van der Waals surface area contributed by atoms with E-state index in [1.807, 2.05) is 48.5 Å². The van der Waals surface area contributed by atoms with E-state index in [4.69, 9.17) is 0 Å². The molecule has 180 valence electrons. The van der Waals surface area contributed by atoms with Gasteiger partial charge in [0, 0.05) is 24.2 Å². The highest BCUT2D eigenvalue weighted by atomic mass is 16.2. The van der Waals surface area contributed by atoms with Gasteiger partial charge < -0.3 is 33.6 Å². The van der Waals surface area contributed by atoms with Crippen LogP contribution in [0.25, 0.3) is 0 Å². The highest BCUT2D eigenvalue weighted by molar-refractivity contribution is 5.94. The lowest BCUT2D eigenvalue weighted by Crippen LogP contribution is -2.66. The first-order chi connectivity index (χ1) is 15.9. The van der Waals surface area contributed by atoms with Crippen LogP contribution in [0.15, 0.2) is 48.5 Å². The third kappa shape index (κ3) is 9.71. The van der Waals surface area contributed by atoms with E-state index in [9.17, 15) is 9.59 Å². The fourth-order valence-corrected chi connectivity index (χ4v) is 3.53. The molecule has 0 saturated carbocycles. The minimum absolute atomic E-state index is 0.0451. The number of hydrogen-bond donors (Lipinski definition) is 6. The summed E-state index contributed by atoms with van der Waals surface area (Å²) < 4.78 is 0. The molecule has 0 aliphatic rings. The Morgan fingerprint density at radius 3 is 1.33 bits per heavy atom. The Hall–Kier alpha value is -2.78. The monoisotopic (exact) mass is 458 g/mol. The van der Waals surface area contributed by atoms with Crippen molar-refractivity contribution in [3.05, 3.63) is 59.7 Å². The molecule has 14 N–H and O–H groups in total. The Morgan fingerprint density at radius 2 is 1.00 bits per heavy atom. The van der Waals surface area contributed by atoms with Crippen LogP contribution in [0, 0.1) is 0 Å². The predicted molar refractivity (Wildman–Crippen MR) is 130 cm³/mol. The van der Waals surface area contributed by atoms with E-state index in [1.54, 1.807) is 0 Å². The van der Waals surface area contributed by atoms with Gasteiger partial charge in [0.05, 0.1) is 13.1 Å². The van der Waals surface area contributed by atoms with Gasteiger partial charge in [-0.1, -0.05) is 24.3 Å². The van der Waals surface area contributed by atoms with Gasteiger partial charge in [0.1, 0.15) is 0 Å². The number of unbranched alkanes of at least 4 members (excludes halogenated alkanes) is 2. The summed E-state index contributed by atoms with van der Waals surface area (Å²) in [6, 6.07) is 15.3. The number of benzene rings is 2. The van der Waals surface area contributed by atoms with Crippen molar-refractivity contribution >= 4 is 23.2 Å². The first kappa shape index (κ1) is 26.5. The molecule has 0 heterocycles. The van der Waals surface area contributed by atoms with Crippen molar-refractivity contribution in [2.45, 2.75) is 57.0 Å². The molecule has 0 aliphatic carbocycles. The average molecular weight is 459 g/mol. The second kappa shape index (κ2) is 14.4.